The predicted molar refractivity (Wildman–Crippen MR) is 105 cm³/mol. The summed E-state index contributed by atoms with van der Waals surface area (Å²) in [5.41, 5.74) is 1.57. The van der Waals surface area contributed by atoms with Crippen molar-refractivity contribution in [2.24, 2.45) is 0 Å². The molecule has 28 heavy (non-hydrogen) atoms. The molecule has 1 amide bonds. The van der Waals surface area contributed by atoms with Gasteiger partial charge < -0.3 is 29.7 Å². The van der Waals surface area contributed by atoms with Crippen LogP contribution in [-0.4, -0.2) is 48.8 Å². The third-order valence-electron chi connectivity index (χ3n) is 4.12. The highest BCUT2D eigenvalue weighted by atomic mass is 32.1. The number of carbonyl (C=O) groups excluding carboxylic acids is 1. The van der Waals surface area contributed by atoms with Gasteiger partial charge in [-0.15, -0.1) is 0 Å². The van der Waals surface area contributed by atoms with E-state index in [9.17, 15) is 9.90 Å². The lowest BCUT2D eigenvalue weighted by Gasteiger charge is -2.29. The SMILES string of the molecule is O=C(Nc1cccc(O)c1)C1=C[C@@H](c2ccsc2)C[C@@H](OCCOCCO)O1. The summed E-state index contributed by atoms with van der Waals surface area (Å²) in [7, 11) is 0. The Balaban J connectivity index is 1.67. The second kappa shape index (κ2) is 10.2. The molecule has 0 saturated heterocycles. The average molecular weight is 405 g/mol. The van der Waals surface area contributed by atoms with Gasteiger partial charge in [-0.05, 0) is 40.6 Å². The van der Waals surface area contributed by atoms with Crippen molar-refractivity contribution in [2.45, 2.75) is 18.6 Å². The quantitative estimate of drug-likeness (QED) is 0.555. The zero-order chi connectivity index (χ0) is 19.8. The van der Waals surface area contributed by atoms with Crippen LogP contribution in [0.3, 0.4) is 0 Å². The number of allylic oxidation sites excluding steroid dienone is 1. The Hall–Kier alpha value is -2.39. The lowest BCUT2D eigenvalue weighted by atomic mass is 9.95. The first-order chi connectivity index (χ1) is 13.7. The standard InChI is InChI=1S/C20H23NO6S/c22-5-6-25-7-8-26-19-11-15(14-4-9-28-13-14)10-18(27-19)20(24)21-16-2-1-3-17(23)12-16/h1-4,9-10,12-13,15,19,22-23H,5-8,11H2,(H,21,24)/t15-,19+/m1/s1. The monoisotopic (exact) mass is 405 g/mol. The number of phenolic OH excluding ortho intramolecular Hbond substituents is 1. The minimum Gasteiger partial charge on any atom is -0.508 e. The Bertz CT molecular complexity index is 792. The second-order valence-corrected chi connectivity index (χ2v) is 6.97. The van der Waals surface area contributed by atoms with E-state index in [0.29, 0.717) is 25.3 Å². The summed E-state index contributed by atoms with van der Waals surface area (Å²) < 4.78 is 16.7. The number of anilines is 1. The van der Waals surface area contributed by atoms with Crippen molar-refractivity contribution in [3.05, 3.63) is 58.5 Å². The van der Waals surface area contributed by atoms with E-state index in [2.05, 4.69) is 5.32 Å². The van der Waals surface area contributed by atoms with E-state index >= 15 is 0 Å². The van der Waals surface area contributed by atoms with Crippen LogP contribution < -0.4 is 5.32 Å². The van der Waals surface area contributed by atoms with E-state index in [1.807, 2.05) is 16.8 Å². The molecule has 0 fully saturated rings. The zero-order valence-corrected chi connectivity index (χ0v) is 16.1. The van der Waals surface area contributed by atoms with Crippen LogP contribution in [-0.2, 0) is 19.0 Å². The van der Waals surface area contributed by atoms with E-state index < -0.39 is 12.2 Å². The first-order valence-electron chi connectivity index (χ1n) is 8.97. The Morgan fingerprint density at radius 3 is 2.93 bits per heavy atom. The molecule has 0 bridgehead atoms. The van der Waals surface area contributed by atoms with Crippen molar-refractivity contribution in [1.82, 2.24) is 0 Å². The van der Waals surface area contributed by atoms with Crippen molar-refractivity contribution in [2.75, 3.05) is 31.7 Å². The van der Waals surface area contributed by atoms with Crippen molar-refractivity contribution in [3.63, 3.8) is 0 Å². The molecule has 2 heterocycles. The van der Waals surface area contributed by atoms with Crippen LogP contribution in [0, 0.1) is 0 Å². The van der Waals surface area contributed by atoms with Crippen molar-refractivity contribution in [1.29, 1.82) is 0 Å². The summed E-state index contributed by atoms with van der Waals surface area (Å²) >= 11 is 1.59. The van der Waals surface area contributed by atoms with Gasteiger partial charge in [-0.3, -0.25) is 4.79 Å². The lowest BCUT2D eigenvalue weighted by molar-refractivity contribution is -0.148. The predicted octanol–water partition coefficient (Wildman–Crippen LogP) is 2.83. The molecule has 1 aliphatic rings. The summed E-state index contributed by atoms with van der Waals surface area (Å²) in [6.45, 7) is 0.840. The number of hydrogen-bond acceptors (Lipinski definition) is 7. The summed E-state index contributed by atoms with van der Waals surface area (Å²) in [6, 6.07) is 8.34. The smallest absolute Gasteiger partial charge is 0.290 e. The molecule has 1 aliphatic heterocycles. The van der Waals surface area contributed by atoms with Crippen LogP contribution in [0.5, 0.6) is 5.75 Å². The van der Waals surface area contributed by atoms with Crippen LogP contribution in [0.25, 0.3) is 0 Å². The van der Waals surface area contributed by atoms with E-state index in [1.165, 1.54) is 12.1 Å². The van der Waals surface area contributed by atoms with Gasteiger partial charge in [-0.1, -0.05) is 6.07 Å². The van der Waals surface area contributed by atoms with Crippen molar-refractivity contribution < 1.29 is 29.2 Å². The molecule has 1 aromatic carbocycles. The fourth-order valence-corrected chi connectivity index (χ4v) is 3.54. The van der Waals surface area contributed by atoms with Gasteiger partial charge in [0, 0.05) is 24.1 Å². The van der Waals surface area contributed by atoms with Crippen molar-refractivity contribution >= 4 is 22.9 Å². The molecular weight excluding hydrogens is 382 g/mol. The minimum atomic E-state index is -0.586. The highest BCUT2D eigenvalue weighted by Crippen LogP contribution is 2.33. The van der Waals surface area contributed by atoms with Gasteiger partial charge in [0.2, 0.25) is 6.29 Å². The molecule has 2 atom stereocenters. The Labute approximate surface area is 167 Å². The first-order valence-corrected chi connectivity index (χ1v) is 9.91. The maximum atomic E-state index is 12.7. The number of aliphatic hydroxyl groups is 1. The highest BCUT2D eigenvalue weighted by molar-refractivity contribution is 7.08. The molecular formula is C20H23NO6S. The molecule has 0 spiro atoms. The van der Waals surface area contributed by atoms with Gasteiger partial charge in [0.25, 0.3) is 5.91 Å². The van der Waals surface area contributed by atoms with E-state index in [1.54, 1.807) is 29.5 Å². The highest BCUT2D eigenvalue weighted by Gasteiger charge is 2.29. The largest absolute Gasteiger partial charge is 0.508 e. The van der Waals surface area contributed by atoms with Gasteiger partial charge in [0.15, 0.2) is 5.76 Å². The molecule has 0 aliphatic carbocycles. The number of rotatable bonds is 9. The van der Waals surface area contributed by atoms with E-state index in [-0.39, 0.29) is 30.6 Å². The van der Waals surface area contributed by atoms with Crippen LogP contribution >= 0.6 is 11.3 Å². The second-order valence-electron chi connectivity index (χ2n) is 6.19. The van der Waals surface area contributed by atoms with Crippen LogP contribution in [0.2, 0.25) is 0 Å². The number of aromatic hydroxyl groups is 1. The maximum absolute atomic E-state index is 12.7. The number of benzene rings is 1. The van der Waals surface area contributed by atoms with Gasteiger partial charge in [0.05, 0.1) is 26.4 Å². The Morgan fingerprint density at radius 2 is 2.18 bits per heavy atom. The fourth-order valence-electron chi connectivity index (χ4n) is 2.82. The molecule has 8 heteroatoms. The van der Waals surface area contributed by atoms with Gasteiger partial charge in [0.1, 0.15) is 5.75 Å². The molecule has 2 aromatic rings. The number of phenols is 1. The maximum Gasteiger partial charge on any atom is 0.290 e. The third-order valence-corrected chi connectivity index (χ3v) is 4.83. The first kappa shape index (κ1) is 20.3. The van der Waals surface area contributed by atoms with Gasteiger partial charge in [-0.25, -0.2) is 0 Å². The molecule has 1 aromatic heterocycles. The third kappa shape index (κ3) is 5.80. The fraction of sp³-hybridized carbons (Fsp3) is 0.350. The number of amides is 1. The molecule has 3 rings (SSSR count). The Kier molecular flexibility index (Phi) is 7.44. The molecule has 0 saturated carbocycles. The lowest BCUT2D eigenvalue weighted by Crippen LogP contribution is -2.30. The minimum absolute atomic E-state index is 0.00622. The van der Waals surface area contributed by atoms with Gasteiger partial charge in [-0.2, -0.15) is 11.3 Å². The summed E-state index contributed by atoms with van der Waals surface area (Å²) in [4.78, 5) is 12.7. The van der Waals surface area contributed by atoms with Crippen LogP contribution in [0.15, 0.2) is 52.9 Å². The number of hydrogen-bond donors (Lipinski definition) is 3. The molecule has 3 N–H and O–H groups in total. The normalized spacial score (nSPS) is 19.0. The number of nitrogens with one attached hydrogen (secondary N) is 1. The molecule has 0 radical (unpaired) electrons. The molecule has 7 nitrogen and oxygen atoms in total. The molecule has 0 unspecified atom stereocenters. The van der Waals surface area contributed by atoms with Crippen molar-refractivity contribution in [3.8, 4) is 5.75 Å². The van der Waals surface area contributed by atoms with E-state index in [4.69, 9.17) is 19.3 Å². The van der Waals surface area contributed by atoms with E-state index in [0.717, 1.165) is 5.56 Å². The molecule has 150 valence electrons. The zero-order valence-electron chi connectivity index (χ0n) is 15.2. The number of thiophene rings is 1. The number of ether oxygens (including phenoxy) is 3. The number of carbonyl (C=O) groups is 1. The topological polar surface area (TPSA) is 97.3 Å². The summed E-state index contributed by atoms with van der Waals surface area (Å²) in [5.74, 6) is -0.174. The number of aliphatic hydroxyl groups excluding tert-OH is 1. The summed E-state index contributed by atoms with van der Waals surface area (Å²) in [5, 5.41) is 25.0. The van der Waals surface area contributed by atoms with Gasteiger partial charge >= 0.3 is 0 Å². The average Bonchev–Trinajstić information content (AvgIpc) is 3.22. The van der Waals surface area contributed by atoms with Crippen LogP contribution in [0.4, 0.5) is 5.69 Å². The van der Waals surface area contributed by atoms with Crippen LogP contribution in [0.1, 0.15) is 17.9 Å². The summed E-state index contributed by atoms with van der Waals surface area (Å²) in [6.07, 6.45) is 1.79. The Morgan fingerprint density at radius 1 is 1.29 bits per heavy atom.